The van der Waals surface area contributed by atoms with Crippen LogP contribution in [0.25, 0.3) is 16.9 Å². The maximum Gasteiger partial charge on any atom is 0.332 e. The number of urea groups is 1. The lowest BCUT2D eigenvalue weighted by Gasteiger charge is -2.12. The van der Waals surface area contributed by atoms with Gasteiger partial charge in [0.2, 0.25) is 0 Å². The van der Waals surface area contributed by atoms with Gasteiger partial charge in [-0.25, -0.2) is 10.2 Å². The van der Waals surface area contributed by atoms with Crippen LogP contribution < -0.4 is 11.2 Å². The Kier molecular flexibility index (Phi) is 5.17. The molecule has 3 rings (SSSR count). The van der Waals surface area contributed by atoms with Gasteiger partial charge >= 0.3 is 6.03 Å². The maximum atomic E-state index is 11.0. The number of primary amides is 1. The number of nitrogens with one attached hydrogen (secondary N) is 1. The second kappa shape index (κ2) is 7.70. The summed E-state index contributed by atoms with van der Waals surface area (Å²) in [6.45, 7) is 4.06. The van der Waals surface area contributed by atoms with E-state index in [0.29, 0.717) is 6.42 Å². The molecule has 0 aliphatic heterocycles. The quantitative estimate of drug-likeness (QED) is 0.526. The summed E-state index contributed by atoms with van der Waals surface area (Å²) >= 11 is 0. The second-order valence-electron chi connectivity index (χ2n) is 5.95. The first-order valence-electron chi connectivity index (χ1n) is 8.57. The van der Waals surface area contributed by atoms with Gasteiger partial charge in [-0.1, -0.05) is 55.5 Å². The van der Waals surface area contributed by atoms with Crippen molar-refractivity contribution in [3.63, 3.8) is 0 Å². The molecule has 26 heavy (non-hydrogen) atoms. The summed E-state index contributed by atoms with van der Waals surface area (Å²) in [6, 6.07) is 21.9. The number of hydrogen-bond donors (Lipinski definition) is 2. The highest BCUT2D eigenvalue weighted by atomic mass is 16.2. The molecule has 132 valence electrons. The number of carbonyl (C=O) groups excluding carboxylic acids is 1. The fourth-order valence-corrected chi connectivity index (χ4v) is 3.08. The first-order chi connectivity index (χ1) is 12.6. The molecule has 0 saturated heterocycles. The van der Waals surface area contributed by atoms with Crippen molar-refractivity contribution in [1.29, 1.82) is 0 Å². The fourth-order valence-electron chi connectivity index (χ4n) is 3.08. The number of amides is 2. The van der Waals surface area contributed by atoms with Gasteiger partial charge in [0.25, 0.3) is 0 Å². The molecule has 0 aliphatic carbocycles. The molecule has 5 nitrogen and oxygen atoms in total. The number of nitrogens with two attached hydrogens (primary N) is 1. The second-order valence-corrected chi connectivity index (χ2v) is 5.95. The van der Waals surface area contributed by atoms with Crippen LogP contribution in [0.1, 0.15) is 24.6 Å². The number of nitrogens with zero attached hydrogens (tertiary/aromatic N) is 2. The SMILES string of the molecule is CCC(=NNC(N)=O)c1cc(-c2ccccc2)n(-c2ccccc2)c1C. The zero-order chi connectivity index (χ0) is 18.5. The van der Waals surface area contributed by atoms with Gasteiger partial charge in [0.1, 0.15) is 0 Å². The summed E-state index contributed by atoms with van der Waals surface area (Å²) in [7, 11) is 0. The first-order valence-corrected chi connectivity index (χ1v) is 8.57. The molecule has 0 aliphatic rings. The van der Waals surface area contributed by atoms with E-state index in [4.69, 9.17) is 5.73 Å². The molecule has 5 heteroatoms. The Labute approximate surface area is 153 Å². The van der Waals surface area contributed by atoms with Gasteiger partial charge in [-0.2, -0.15) is 5.10 Å². The van der Waals surface area contributed by atoms with Crippen molar-refractivity contribution < 1.29 is 4.79 Å². The highest BCUT2D eigenvalue weighted by Gasteiger charge is 2.17. The third kappa shape index (κ3) is 3.52. The lowest BCUT2D eigenvalue weighted by atomic mass is 10.1. The number of aromatic nitrogens is 1. The van der Waals surface area contributed by atoms with Crippen LogP contribution in [0, 0.1) is 6.92 Å². The van der Waals surface area contributed by atoms with E-state index in [1.807, 2.05) is 43.3 Å². The lowest BCUT2D eigenvalue weighted by molar-refractivity contribution is 0.249. The largest absolute Gasteiger partial charge is 0.350 e. The smallest absolute Gasteiger partial charge is 0.332 e. The highest BCUT2D eigenvalue weighted by molar-refractivity contribution is 6.03. The van der Waals surface area contributed by atoms with E-state index in [1.165, 1.54) is 0 Å². The molecule has 1 heterocycles. The first kappa shape index (κ1) is 17.5. The van der Waals surface area contributed by atoms with E-state index in [1.54, 1.807) is 0 Å². The van der Waals surface area contributed by atoms with Crippen molar-refractivity contribution in [2.45, 2.75) is 20.3 Å². The normalized spacial score (nSPS) is 11.4. The van der Waals surface area contributed by atoms with E-state index in [0.717, 1.165) is 33.9 Å². The molecule has 0 radical (unpaired) electrons. The monoisotopic (exact) mass is 346 g/mol. The molecular weight excluding hydrogens is 324 g/mol. The Morgan fingerprint density at radius 1 is 1.08 bits per heavy atom. The predicted molar refractivity (Wildman–Crippen MR) is 105 cm³/mol. The Balaban J connectivity index is 2.21. The Morgan fingerprint density at radius 2 is 1.69 bits per heavy atom. The number of hydrogen-bond acceptors (Lipinski definition) is 2. The van der Waals surface area contributed by atoms with Gasteiger partial charge in [-0.15, -0.1) is 0 Å². The molecular formula is C21H22N4O. The molecule has 1 aromatic heterocycles. The summed E-state index contributed by atoms with van der Waals surface area (Å²) in [5.41, 5.74) is 13.6. The van der Waals surface area contributed by atoms with E-state index >= 15 is 0 Å². The maximum absolute atomic E-state index is 11.0. The Hall–Kier alpha value is -3.34. The van der Waals surface area contributed by atoms with Crippen LogP contribution >= 0.6 is 0 Å². The summed E-state index contributed by atoms with van der Waals surface area (Å²) < 4.78 is 2.21. The van der Waals surface area contributed by atoms with Crippen molar-refractivity contribution in [3.05, 3.63) is 78.0 Å². The molecule has 3 aromatic rings. The fraction of sp³-hybridized carbons (Fsp3) is 0.143. The molecule has 0 bridgehead atoms. The van der Waals surface area contributed by atoms with Gasteiger partial charge in [0.05, 0.1) is 11.4 Å². The zero-order valence-electron chi connectivity index (χ0n) is 14.9. The van der Waals surface area contributed by atoms with Gasteiger partial charge in [0.15, 0.2) is 0 Å². The molecule has 3 N–H and O–H groups in total. The molecule has 0 saturated carbocycles. The lowest BCUT2D eigenvalue weighted by Crippen LogP contribution is -2.26. The highest BCUT2D eigenvalue weighted by Crippen LogP contribution is 2.30. The van der Waals surface area contributed by atoms with Crippen molar-refractivity contribution >= 4 is 11.7 Å². The average Bonchev–Trinajstić information content (AvgIpc) is 3.01. The molecule has 2 amide bonds. The van der Waals surface area contributed by atoms with E-state index in [2.05, 4.69) is 52.3 Å². The van der Waals surface area contributed by atoms with Crippen molar-refractivity contribution in [3.8, 4) is 16.9 Å². The van der Waals surface area contributed by atoms with E-state index < -0.39 is 6.03 Å². The summed E-state index contributed by atoms with van der Waals surface area (Å²) in [4.78, 5) is 11.0. The van der Waals surface area contributed by atoms with Crippen molar-refractivity contribution in [2.75, 3.05) is 0 Å². The summed E-state index contributed by atoms with van der Waals surface area (Å²) in [6.07, 6.45) is 0.675. The van der Waals surface area contributed by atoms with E-state index in [9.17, 15) is 4.79 Å². The topological polar surface area (TPSA) is 72.4 Å². The van der Waals surface area contributed by atoms with Crippen LogP contribution in [0.3, 0.4) is 0 Å². The van der Waals surface area contributed by atoms with Crippen molar-refractivity contribution in [2.24, 2.45) is 10.8 Å². The molecule has 2 aromatic carbocycles. The number of rotatable bonds is 5. The summed E-state index contributed by atoms with van der Waals surface area (Å²) in [5.74, 6) is 0. The Bertz CT molecular complexity index is 927. The van der Waals surface area contributed by atoms with Crippen LogP contribution in [0.2, 0.25) is 0 Å². The molecule has 0 unspecified atom stereocenters. The number of hydrazone groups is 1. The number of carbonyl (C=O) groups is 1. The number of benzene rings is 2. The predicted octanol–water partition coefficient (Wildman–Crippen LogP) is 4.24. The minimum Gasteiger partial charge on any atom is -0.350 e. The van der Waals surface area contributed by atoms with Gasteiger partial charge < -0.3 is 10.3 Å². The zero-order valence-corrected chi connectivity index (χ0v) is 14.9. The van der Waals surface area contributed by atoms with Crippen LogP contribution in [-0.2, 0) is 0 Å². The van der Waals surface area contributed by atoms with Gasteiger partial charge in [0, 0.05) is 16.9 Å². The van der Waals surface area contributed by atoms with Crippen LogP contribution in [0.15, 0.2) is 71.8 Å². The third-order valence-corrected chi connectivity index (χ3v) is 4.28. The summed E-state index contributed by atoms with van der Waals surface area (Å²) in [5, 5.41) is 4.19. The van der Waals surface area contributed by atoms with Crippen molar-refractivity contribution in [1.82, 2.24) is 9.99 Å². The standard InChI is InChI=1S/C21H22N4O/c1-3-19(23-24-21(22)26)18-14-20(16-10-6-4-7-11-16)25(15(18)2)17-12-8-5-9-13-17/h4-14H,3H2,1-2H3,(H3,22,24,26). The molecule has 0 atom stereocenters. The van der Waals surface area contributed by atoms with Crippen LogP contribution in [0.4, 0.5) is 4.79 Å². The Morgan fingerprint density at radius 3 is 2.27 bits per heavy atom. The minimum absolute atomic E-state index is 0.667. The van der Waals surface area contributed by atoms with E-state index in [-0.39, 0.29) is 0 Å². The minimum atomic E-state index is -0.667. The third-order valence-electron chi connectivity index (χ3n) is 4.28. The van der Waals surface area contributed by atoms with Crippen LogP contribution in [-0.4, -0.2) is 16.3 Å². The molecule has 0 fully saturated rings. The number of para-hydroxylation sites is 1. The average molecular weight is 346 g/mol. The van der Waals surface area contributed by atoms with Gasteiger partial charge in [-0.05, 0) is 37.1 Å². The molecule has 0 spiro atoms. The van der Waals surface area contributed by atoms with Gasteiger partial charge in [-0.3, -0.25) is 0 Å². The van der Waals surface area contributed by atoms with Crippen LogP contribution in [0.5, 0.6) is 0 Å².